The fourth-order valence-corrected chi connectivity index (χ4v) is 3.32. The fraction of sp³-hybridized carbons (Fsp3) is 0.684. The van der Waals surface area contributed by atoms with Crippen molar-refractivity contribution in [2.24, 2.45) is 5.92 Å². The molecular weight excluding hydrogens is 256 g/mol. The number of hydrogen-bond acceptors (Lipinski definition) is 2. The summed E-state index contributed by atoms with van der Waals surface area (Å²) in [5.74, 6) is 0.752. The molecule has 1 heterocycles. The van der Waals surface area contributed by atoms with E-state index >= 15 is 0 Å². The first-order valence-corrected chi connectivity index (χ1v) is 8.58. The third-order valence-corrected chi connectivity index (χ3v) is 5.29. The van der Waals surface area contributed by atoms with Gasteiger partial charge in [0.25, 0.3) is 0 Å². The minimum absolute atomic E-state index is 0.650. The van der Waals surface area contributed by atoms with Crippen LogP contribution in [0.15, 0.2) is 18.2 Å². The molecule has 3 atom stereocenters. The number of benzene rings is 1. The average molecular weight is 288 g/mol. The zero-order valence-electron chi connectivity index (χ0n) is 14.4. The summed E-state index contributed by atoms with van der Waals surface area (Å²) < 4.78 is 0. The summed E-state index contributed by atoms with van der Waals surface area (Å²) in [6.07, 6.45) is 2.48. The number of nitrogens with one attached hydrogen (secondary N) is 1. The van der Waals surface area contributed by atoms with E-state index in [1.54, 1.807) is 0 Å². The molecule has 2 nitrogen and oxygen atoms in total. The zero-order chi connectivity index (χ0) is 15.4. The predicted molar refractivity (Wildman–Crippen MR) is 91.7 cm³/mol. The van der Waals surface area contributed by atoms with E-state index in [1.165, 1.54) is 36.1 Å². The summed E-state index contributed by atoms with van der Waals surface area (Å²) in [6.45, 7) is 14.8. The minimum Gasteiger partial charge on any atom is -0.311 e. The van der Waals surface area contributed by atoms with Gasteiger partial charge in [-0.1, -0.05) is 45.4 Å². The van der Waals surface area contributed by atoms with E-state index < -0.39 is 0 Å². The van der Waals surface area contributed by atoms with E-state index in [1.807, 2.05) is 0 Å². The van der Waals surface area contributed by atoms with Gasteiger partial charge in [-0.05, 0) is 42.9 Å². The molecule has 0 aliphatic carbocycles. The van der Waals surface area contributed by atoms with E-state index in [-0.39, 0.29) is 0 Å². The van der Waals surface area contributed by atoms with Crippen molar-refractivity contribution in [2.75, 3.05) is 13.1 Å². The van der Waals surface area contributed by atoms with Gasteiger partial charge in [0.2, 0.25) is 0 Å². The zero-order valence-corrected chi connectivity index (χ0v) is 14.4. The SMILES string of the molecule is CCC1CN(Cc2ccc(C)c(C)c2)C(C(C)CC)CN1. The molecule has 1 fully saturated rings. The number of hydrogen-bond donors (Lipinski definition) is 1. The highest BCUT2D eigenvalue weighted by atomic mass is 15.2. The van der Waals surface area contributed by atoms with Crippen molar-refractivity contribution in [1.29, 1.82) is 0 Å². The first kappa shape index (κ1) is 16.5. The normalized spacial score (nSPS) is 25.0. The molecule has 0 aromatic heterocycles. The summed E-state index contributed by atoms with van der Waals surface area (Å²) in [7, 11) is 0. The van der Waals surface area contributed by atoms with Crippen molar-refractivity contribution in [3.63, 3.8) is 0 Å². The Labute approximate surface area is 130 Å². The van der Waals surface area contributed by atoms with Gasteiger partial charge in [0.05, 0.1) is 0 Å². The first-order chi connectivity index (χ1) is 10.0. The molecule has 1 N–H and O–H groups in total. The topological polar surface area (TPSA) is 15.3 Å². The molecule has 0 saturated carbocycles. The van der Waals surface area contributed by atoms with Crippen molar-refractivity contribution in [3.8, 4) is 0 Å². The maximum Gasteiger partial charge on any atom is 0.0250 e. The average Bonchev–Trinajstić information content (AvgIpc) is 2.50. The fourth-order valence-electron chi connectivity index (χ4n) is 3.32. The molecule has 21 heavy (non-hydrogen) atoms. The van der Waals surface area contributed by atoms with E-state index in [2.05, 4.69) is 63.0 Å². The molecule has 2 heteroatoms. The molecule has 1 aliphatic rings. The number of rotatable bonds is 5. The Morgan fingerprint density at radius 2 is 2.00 bits per heavy atom. The lowest BCUT2D eigenvalue weighted by atomic mass is 9.93. The van der Waals surface area contributed by atoms with Gasteiger partial charge in [0, 0.05) is 31.7 Å². The van der Waals surface area contributed by atoms with Crippen LogP contribution in [0.3, 0.4) is 0 Å². The van der Waals surface area contributed by atoms with Crippen LogP contribution in [-0.2, 0) is 6.54 Å². The molecule has 2 rings (SSSR count). The van der Waals surface area contributed by atoms with Crippen LogP contribution in [0.2, 0.25) is 0 Å². The van der Waals surface area contributed by atoms with Crippen molar-refractivity contribution < 1.29 is 0 Å². The van der Waals surface area contributed by atoms with Gasteiger partial charge in [-0.25, -0.2) is 0 Å². The van der Waals surface area contributed by atoms with E-state index in [9.17, 15) is 0 Å². The third-order valence-electron chi connectivity index (χ3n) is 5.29. The molecule has 1 aromatic rings. The molecule has 118 valence electrons. The van der Waals surface area contributed by atoms with Crippen LogP contribution in [0.25, 0.3) is 0 Å². The Hall–Kier alpha value is -0.860. The van der Waals surface area contributed by atoms with Crippen LogP contribution in [0.5, 0.6) is 0 Å². The van der Waals surface area contributed by atoms with Crippen molar-refractivity contribution in [2.45, 2.75) is 66.1 Å². The number of piperazine rings is 1. The molecule has 0 radical (unpaired) electrons. The Morgan fingerprint density at radius 3 is 2.62 bits per heavy atom. The molecule has 1 saturated heterocycles. The quantitative estimate of drug-likeness (QED) is 0.884. The molecule has 3 unspecified atom stereocenters. The van der Waals surface area contributed by atoms with E-state index in [4.69, 9.17) is 0 Å². The molecule has 0 spiro atoms. The summed E-state index contributed by atoms with van der Waals surface area (Å²) in [4.78, 5) is 2.71. The summed E-state index contributed by atoms with van der Waals surface area (Å²) >= 11 is 0. The van der Waals surface area contributed by atoms with Crippen molar-refractivity contribution in [1.82, 2.24) is 10.2 Å². The standard InChI is InChI=1S/C19H32N2/c1-6-14(3)19-11-20-18(7-2)13-21(19)12-17-9-8-15(4)16(5)10-17/h8-10,14,18-20H,6-7,11-13H2,1-5H3. The molecule has 1 aliphatic heterocycles. The van der Waals surface area contributed by atoms with Crippen molar-refractivity contribution >= 4 is 0 Å². The van der Waals surface area contributed by atoms with Crippen LogP contribution in [0.4, 0.5) is 0 Å². The Kier molecular flexibility index (Phi) is 5.83. The smallest absolute Gasteiger partial charge is 0.0250 e. The van der Waals surface area contributed by atoms with Crippen LogP contribution >= 0.6 is 0 Å². The van der Waals surface area contributed by atoms with Gasteiger partial charge >= 0.3 is 0 Å². The second-order valence-corrected chi connectivity index (χ2v) is 6.81. The lowest BCUT2D eigenvalue weighted by Crippen LogP contribution is -2.57. The number of nitrogens with zero attached hydrogens (tertiary/aromatic N) is 1. The van der Waals surface area contributed by atoms with Crippen molar-refractivity contribution in [3.05, 3.63) is 34.9 Å². The second kappa shape index (κ2) is 7.42. The Morgan fingerprint density at radius 1 is 1.24 bits per heavy atom. The summed E-state index contributed by atoms with van der Waals surface area (Å²) in [5, 5.41) is 3.73. The van der Waals surface area contributed by atoms with E-state index in [0.29, 0.717) is 12.1 Å². The van der Waals surface area contributed by atoms with Gasteiger partial charge in [-0.3, -0.25) is 4.90 Å². The lowest BCUT2D eigenvalue weighted by molar-refractivity contribution is 0.0832. The van der Waals surface area contributed by atoms with Gasteiger partial charge < -0.3 is 5.32 Å². The Bertz CT molecular complexity index is 455. The highest BCUT2D eigenvalue weighted by Gasteiger charge is 2.30. The lowest BCUT2D eigenvalue weighted by Gasteiger charge is -2.43. The second-order valence-electron chi connectivity index (χ2n) is 6.81. The maximum atomic E-state index is 3.73. The summed E-state index contributed by atoms with van der Waals surface area (Å²) in [5.41, 5.74) is 4.27. The largest absolute Gasteiger partial charge is 0.311 e. The van der Waals surface area contributed by atoms with Crippen LogP contribution < -0.4 is 5.32 Å². The summed E-state index contributed by atoms with van der Waals surface area (Å²) in [6, 6.07) is 8.25. The number of aryl methyl sites for hydroxylation is 2. The van der Waals surface area contributed by atoms with Crippen LogP contribution in [0.1, 0.15) is 50.3 Å². The minimum atomic E-state index is 0.650. The van der Waals surface area contributed by atoms with E-state index in [0.717, 1.165) is 19.0 Å². The van der Waals surface area contributed by atoms with Gasteiger partial charge in [0.1, 0.15) is 0 Å². The molecule has 0 amide bonds. The first-order valence-electron chi connectivity index (χ1n) is 8.58. The predicted octanol–water partition coefficient (Wildman–Crippen LogP) is 3.90. The highest BCUT2D eigenvalue weighted by molar-refractivity contribution is 5.30. The van der Waals surface area contributed by atoms with Gasteiger partial charge in [0.15, 0.2) is 0 Å². The van der Waals surface area contributed by atoms with Crippen LogP contribution in [0, 0.1) is 19.8 Å². The van der Waals surface area contributed by atoms with Crippen LogP contribution in [-0.4, -0.2) is 30.1 Å². The maximum absolute atomic E-state index is 3.73. The monoisotopic (exact) mass is 288 g/mol. The van der Waals surface area contributed by atoms with Gasteiger partial charge in [-0.2, -0.15) is 0 Å². The highest BCUT2D eigenvalue weighted by Crippen LogP contribution is 2.22. The van der Waals surface area contributed by atoms with Gasteiger partial charge in [-0.15, -0.1) is 0 Å². The Balaban J connectivity index is 2.12. The molecular formula is C19H32N2. The molecule has 1 aromatic carbocycles. The molecule has 0 bridgehead atoms. The third kappa shape index (κ3) is 4.08.